The quantitative estimate of drug-likeness (QED) is 0.723. The van der Waals surface area contributed by atoms with Crippen molar-refractivity contribution in [3.05, 3.63) is 0 Å². The fourth-order valence-corrected chi connectivity index (χ4v) is 4.81. The van der Waals surface area contributed by atoms with Gasteiger partial charge in [-0.05, 0) is 37.5 Å². The van der Waals surface area contributed by atoms with E-state index in [1.54, 1.807) is 0 Å². The lowest BCUT2D eigenvalue weighted by molar-refractivity contribution is -0.202. The van der Waals surface area contributed by atoms with Crippen LogP contribution in [0.25, 0.3) is 0 Å². The first-order chi connectivity index (χ1) is 8.51. The van der Waals surface area contributed by atoms with Crippen molar-refractivity contribution in [2.75, 3.05) is 0 Å². The van der Waals surface area contributed by atoms with E-state index in [0.717, 1.165) is 38.5 Å². The molecule has 2 unspecified atom stereocenters. The molecule has 0 aliphatic heterocycles. The first-order valence-electron chi connectivity index (χ1n) is 7.27. The van der Waals surface area contributed by atoms with Gasteiger partial charge >= 0.3 is 5.97 Å². The molecule has 18 heavy (non-hydrogen) atoms. The van der Waals surface area contributed by atoms with Crippen LogP contribution in [0.3, 0.4) is 0 Å². The molecule has 4 aliphatic carbocycles. The van der Waals surface area contributed by atoms with Crippen molar-refractivity contribution < 1.29 is 14.3 Å². The van der Waals surface area contributed by atoms with Crippen molar-refractivity contribution >= 4 is 11.8 Å². The van der Waals surface area contributed by atoms with Crippen molar-refractivity contribution in [2.45, 2.75) is 64.4 Å². The minimum Gasteiger partial charge on any atom is -0.459 e. The molecule has 2 atom stereocenters. The van der Waals surface area contributed by atoms with Gasteiger partial charge in [-0.3, -0.25) is 9.59 Å². The SMILES string of the molecule is CCC(=O)OC12CC3CC(CC)(CC(C1)C3=O)C2. The lowest BCUT2D eigenvalue weighted by Gasteiger charge is -2.60. The average Bonchev–Trinajstić information content (AvgIpc) is 2.34. The van der Waals surface area contributed by atoms with E-state index >= 15 is 0 Å². The van der Waals surface area contributed by atoms with E-state index in [2.05, 4.69) is 6.92 Å². The number of carbonyl (C=O) groups is 2. The molecule has 3 nitrogen and oxygen atoms in total. The highest BCUT2D eigenvalue weighted by atomic mass is 16.6. The average molecular weight is 250 g/mol. The maximum Gasteiger partial charge on any atom is 0.306 e. The van der Waals surface area contributed by atoms with Crippen LogP contribution in [0.15, 0.2) is 0 Å². The summed E-state index contributed by atoms with van der Waals surface area (Å²) in [7, 11) is 0. The Bertz CT molecular complexity index is 381. The summed E-state index contributed by atoms with van der Waals surface area (Å²) < 4.78 is 5.78. The van der Waals surface area contributed by atoms with Gasteiger partial charge in [0.2, 0.25) is 0 Å². The molecule has 0 saturated heterocycles. The van der Waals surface area contributed by atoms with E-state index < -0.39 is 0 Å². The summed E-state index contributed by atoms with van der Waals surface area (Å²) in [5.74, 6) is 0.671. The van der Waals surface area contributed by atoms with Crippen LogP contribution in [0.4, 0.5) is 0 Å². The van der Waals surface area contributed by atoms with Crippen molar-refractivity contribution in [3.63, 3.8) is 0 Å². The van der Waals surface area contributed by atoms with Crippen LogP contribution in [0.5, 0.6) is 0 Å². The number of ether oxygens (including phenoxy) is 1. The molecule has 4 aliphatic rings. The molecule has 0 aromatic heterocycles. The summed E-state index contributed by atoms with van der Waals surface area (Å²) in [5.41, 5.74) is -0.0311. The molecule has 3 heteroatoms. The minimum atomic E-state index is -0.303. The summed E-state index contributed by atoms with van der Waals surface area (Å²) in [6.07, 6.45) is 6.17. The Morgan fingerprint density at radius 3 is 2.33 bits per heavy atom. The van der Waals surface area contributed by atoms with E-state index in [1.807, 2.05) is 6.92 Å². The highest BCUT2D eigenvalue weighted by Gasteiger charge is 2.62. The fraction of sp³-hybridized carbons (Fsp3) is 0.867. The van der Waals surface area contributed by atoms with Crippen LogP contribution in [0.2, 0.25) is 0 Å². The van der Waals surface area contributed by atoms with Crippen LogP contribution >= 0.6 is 0 Å². The predicted octanol–water partition coefficient (Wildman–Crippen LogP) is 2.87. The van der Waals surface area contributed by atoms with E-state index in [0.29, 0.717) is 12.2 Å². The highest BCUT2D eigenvalue weighted by Crippen LogP contribution is 2.62. The van der Waals surface area contributed by atoms with Crippen LogP contribution in [0.1, 0.15) is 58.8 Å². The third-order valence-electron chi connectivity index (χ3n) is 5.47. The molecule has 0 N–H and O–H groups in total. The lowest BCUT2D eigenvalue weighted by atomic mass is 9.47. The number of carbonyl (C=O) groups excluding carboxylic acids is 2. The molecule has 0 heterocycles. The molecule has 4 saturated carbocycles. The molecular weight excluding hydrogens is 228 g/mol. The second kappa shape index (κ2) is 3.82. The molecule has 4 bridgehead atoms. The van der Waals surface area contributed by atoms with E-state index in [-0.39, 0.29) is 28.8 Å². The van der Waals surface area contributed by atoms with Crippen molar-refractivity contribution in [1.82, 2.24) is 0 Å². The van der Waals surface area contributed by atoms with Crippen LogP contribution < -0.4 is 0 Å². The molecule has 4 fully saturated rings. The molecule has 100 valence electrons. The van der Waals surface area contributed by atoms with Crippen LogP contribution in [0, 0.1) is 17.3 Å². The molecule has 0 spiro atoms. The topological polar surface area (TPSA) is 43.4 Å². The highest BCUT2D eigenvalue weighted by molar-refractivity contribution is 5.86. The summed E-state index contributed by atoms with van der Waals surface area (Å²) in [4.78, 5) is 23.9. The lowest BCUT2D eigenvalue weighted by Crippen LogP contribution is -2.60. The standard InChI is InChI=1S/C15H22O3/c1-3-12(16)18-15-7-10-5-14(4-2,9-15)6-11(8-15)13(10)17/h10-11H,3-9H2,1-2H3. The summed E-state index contributed by atoms with van der Waals surface area (Å²) >= 11 is 0. The number of Topliss-reactive ketones (excluding diaryl/α,β-unsaturated/α-hetero) is 1. The largest absolute Gasteiger partial charge is 0.459 e. The fourth-order valence-electron chi connectivity index (χ4n) is 4.81. The Labute approximate surface area is 108 Å². The smallest absolute Gasteiger partial charge is 0.306 e. The van der Waals surface area contributed by atoms with E-state index in [4.69, 9.17) is 4.74 Å². The van der Waals surface area contributed by atoms with Crippen LogP contribution in [-0.4, -0.2) is 17.4 Å². The maximum atomic E-state index is 12.2. The zero-order valence-electron chi connectivity index (χ0n) is 11.3. The third kappa shape index (κ3) is 1.63. The molecule has 0 aromatic rings. The van der Waals surface area contributed by atoms with Gasteiger partial charge < -0.3 is 4.74 Å². The Morgan fingerprint density at radius 1 is 1.22 bits per heavy atom. The molecule has 4 rings (SSSR count). The van der Waals surface area contributed by atoms with Crippen LogP contribution in [-0.2, 0) is 14.3 Å². The molecule has 0 aromatic carbocycles. The van der Waals surface area contributed by atoms with E-state index in [9.17, 15) is 9.59 Å². The second-order valence-corrected chi connectivity index (χ2v) is 6.65. The summed E-state index contributed by atoms with van der Waals surface area (Å²) in [6.45, 7) is 4.05. The number of esters is 1. The third-order valence-corrected chi connectivity index (χ3v) is 5.47. The van der Waals surface area contributed by atoms with Gasteiger partial charge in [-0.2, -0.15) is 0 Å². The monoisotopic (exact) mass is 250 g/mol. The zero-order chi connectivity index (χ0) is 13.0. The zero-order valence-corrected chi connectivity index (χ0v) is 11.3. The number of hydrogen-bond acceptors (Lipinski definition) is 3. The first kappa shape index (κ1) is 12.2. The van der Waals surface area contributed by atoms with Gasteiger partial charge in [-0.15, -0.1) is 0 Å². The summed E-state index contributed by atoms with van der Waals surface area (Å²) in [5, 5.41) is 0. The van der Waals surface area contributed by atoms with Gasteiger partial charge in [0.1, 0.15) is 11.4 Å². The van der Waals surface area contributed by atoms with Crippen molar-refractivity contribution in [1.29, 1.82) is 0 Å². The normalized spacial score (nSPS) is 45.3. The van der Waals surface area contributed by atoms with Gasteiger partial charge in [0, 0.05) is 18.3 Å². The van der Waals surface area contributed by atoms with Gasteiger partial charge in [0.25, 0.3) is 0 Å². The predicted molar refractivity (Wildman–Crippen MR) is 66.9 cm³/mol. The Morgan fingerprint density at radius 2 is 1.83 bits per heavy atom. The Balaban J connectivity index is 1.90. The van der Waals surface area contributed by atoms with E-state index in [1.165, 1.54) is 0 Å². The first-order valence-corrected chi connectivity index (χ1v) is 7.27. The number of rotatable bonds is 3. The van der Waals surface area contributed by atoms with Crippen molar-refractivity contribution in [3.8, 4) is 0 Å². The summed E-state index contributed by atoms with van der Waals surface area (Å²) in [6, 6.07) is 0. The van der Waals surface area contributed by atoms with Gasteiger partial charge in [-0.25, -0.2) is 0 Å². The Hall–Kier alpha value is -0.860. The molecular formula is C15H22O3. The van der Waals surface area contributed by atoms with Gasteiger partial charge in [-0.1, -0.05) is 20.3 Å². The molecule has 0 radical (unpaired) electrons. The van der Waals surface area contributed by atoms with Crippen molar-refractivity contribution in [2.24, 2.45) is 17.3 Å². The maximum absolute atomic E-state index is 12.2. The number of ketones is 1. The Kier molecular flexibility index (Phi) is 2.58. The number of hydrogen-bond donors (Lipinski definition) is 0. The van der Waals surface area contributed by atoms with Gasteiger partial charge in [0.05, 0.1) is 0 Å². The molecule has 0 amide bonds. The minimum absolute atomic E-state index is 0.101. The second-order valence-electron chi connectivity index (χ2n) is 6.65. The van der Waals surface area contributed by atoms with Gasteiger partial charge in [0.15, 0.2) is 0 Å².